The van der Waals surface area contributed by atoms with Crippen molar-refractivity contribution in [3.05, 3.63) is 57.4 Å². The first-order valence-corrected chi connectivity index (χ1v) is 10.9. The van der Waals surface area contributed by atoms with Gasteiger partial charge in [0.15, 0.2) is 0 Å². The molecule has 1 aliphatic rings. The zero-order valence-electron chi connectivity index (χ0n) is 17.8. The van der Waals surface area contributed by atoms with Gasteiger partial charge in [0.25, 0.3) is 5.89 Å². The van der Waals surface area contributed by atoms with Crippen molar-refractivity contribution in [3.63, 3.8) is 0 Å². The average Bonchev–Trinajstić information content (AvgIpc) is 3.32. The third-order valence-electron chi connectivity index (χ3n) is 5.83. The fraction of sp³-hybridized carbons (Fsp3) is 0.391. The third kappa shape index (κ3) is 4.63. The maximum absolute atomic E-state index is 12.6. The molecule has 2 heterocycles. The van der Waals surface area contributed by atoms with Gasteiger partial charge in [-0.3, -0.25) is 4.79 Å². The lowest BCUT2D eigenvalue weighted by Gasteiger charge is -2.33. The van der Waals surface area contributed by atoms with Crippen LogP contribution in [0.5, 0.6) is 0 Å². The summed E-state index contributed by atoms with van der Waals surface area (Å²) in [6, 6.07) is 7.52. The normalized spacial score (nSPS) is 15.3. The van der Waals surface area contributed by atoms with Crippen molar-refractivity contribution in [2.45, 2.75) is 57.7 Å². The van der Waals surface area contributed by atoms with E-state index < -0.39 is 11.3 Å². The largest absolute Gasteiger partial charge is 0.437 e. The summed E-state index contributed by atoms with van der Waals surface area (Å²) in [5, 5.41) is 7.77. The van der Waals surface area contributed by atoms with E-state index in [2.05, 4.69) is 21.3 Å². The standard InChI is InChI=1S/C23H24ClN5O3/c1-3-23(11-5-4-6-12-23)26-19(30)14-29-22(31)32-21(27-29)20-16(2)28(15-25-20)13-17-7-9-18(24)10-8-17/h1,7-10,15H,4-6,11-14H2,2H3,(H,26,30). The Hall–Kier alpha value is -3.31. The Kier molecular flexibility index (Phi) is 6.19. The molecule has 1 saturated carbocycles. The van der Waals surface area contributed by atoms with E-state index in [0.717, 1.165) is 48.0 Å². The molecule has 3 aromatic rings. The van der Waals surface area contributed by atoms with Crippen LogP contribution in [0.3, 0.4) is 0 Å². The zero-order valence-corrected chi connectivity index (χ0v) is 18.6. The zero-order chi connectivity index (χ0) is 22.7. The average molecular weight is 454 g/mol. The van der Waals surface area contributed by atoms with E-state index in [0.29, 0.717) is 17.3 Å². The molecule has 1 fully saturated rings. The van der Waals surface area contributed by atoms with Gasteiger partial charge in [0.1, 0.15) is 17.8 Å². The minimum Gasteiger partial charge on any atom is -0.386 e. The van der Waals surface area contributed by atoms with Crippen molar-refractivity contribution in [2.24, 2.45) is 0 Å². The summed E-state index contributed by atoms with van der Waals surface area (Å²) in [6.07, 6.45) is 11.9. The number of amides is 1. The number of rotatable bonds is 6. The van der Waals surface area contributed by atoms with Crippen molar-refractivity contribution in [1.82, 2.24) is 24.6 Å². The van der Waals surface area contributed by atoms with Crippen LogP contribution in [0.25, 0.3) is 11.6 Å². The molecular formula is C23H24ClN5O3. The molecule has 32 heavy (non-hydrogen) atoms. The molecule has 0 atom stereocenters. The van der Waals surface area contributed by atoms with Crippen LogP contribution in [-0.4, -0.2) is 30.8 Å². The van der Waals surface area contributed by atoms with Gasteiger partial charge in [0.2, 0.25) is 5.91 Å². The fourth-order valence-electron chi connectivity index (χ4n) is 4.00. The lowest BCUT2D eigenvalue weighted by atomic mass is 9.82. The lowest BCUT2D eigenvalue weighted by molar-refractivity contribution is -0.123. The van der Waals surface area contributed by atoms with E-state index in [-0.39, 0.29) is 18.3 Å². The van der Waals surface area contributed by atoms with Gasteiger partial charge in [-0.1, -0.05) is 48.9 Å². The minimum absolute atomic E-state index is 0.0690. The first kappa shape index (κ1) is 21.9. The van der Waals surface area contributed by atoms with Crippen molar-refractivity contribution < 1.29 is 9.21 Å². The Balaban J connectivity index is 1.48. The van der Waals surface area contributed by atoms with E-state index in [1.54, 1.807) is 6.33 Å². The van der Waals surface area contributed by atoms with Crippen LogP contribution < -0.4 is 11.1 Å². The van der Waals surface area contributed by atoms with E-state index in [4.69, 9.17) is 22.4 Å². The number of carbonyl (C=O) groups excluding carboxylic acids is 1. The molecule has 4 rings (SSSR count). The number of imidazole rings is 1. The first-order chi connectivity index (χ1) is 15.4. The Labute approximate surface area is 190 Å². The molecule has 2 aromatic heterocycles. The number of halogens is 1. The summed E-state index contributed by atoms with van der Waals surface area (Å²) in [5.74, 6) is 1.71. The Morgan fingerprint density at radius 3 is 2.69 bits per heavy atom. The summed E-state index contributed by atoms with van der Waals surface area (Å²) in [5.41, 5.74) is 1.63. The smallest absolute Gasteiger partial charge is 0.386 e. The Bertz CT molecular complexity index is 1210. The summed E-state index contributed by atoms with van der Waals surface area (Å²) in [4.78, 5) is 29.2. The highest BCUT2D eigenvalue weighted by Gasteiger charge is 2.31. The molecule has 0 unspecified atom stereocenters. The minimum atomic E-state index is -0.722. The van der Waals surface area contributed by atoms with Crippen LogP contribution in [0.2, 0.25) is 5.02 Å². The molecule has 0 radical (unpaired) electrons. The van der Waals surface area contributed by atoms with Crippen molar-refractivity contribution in [2.75, 3.05) is 0 Å². The van der Waals surface area contributed by atoms with Gasteiger partial charge in [0, 0.05) is 17.3 Å². The Morgan fingerprint density at radius 1 is 1.28 bits per heavy atom. The Morgan fingerprint density at radius 2 is 2.00 bits per heavy atom. The highest BCUT2D eigenvalue weighted by molar-refractivity contribution is 6.30. The number of nitrogens with one attached hydrogen (secondary N) is 1. The molecule has 1 aromatic carbocycles. The van der Waals surface area contributed by atoms with Crippen molar-refractivity contribution >= 4 is 17.5 Å². The second-order valence-electron chi connectivity index (χ2n) is 8.10. The second-order valence-corrected chi connectivity index (χ2v) is 8.54. The van der Waals surface area contributed by atoms with Crippen molar-refractivity contribution in [1.29, 1.82) is 0 Å². The van der Waals surface area contributed by atoms with Gasteiger partial charge in [-0.25, -0.2) is 9.78 Å². The number of carbonyl (C=O) groups is 1. The first-order valence-electron chi connectivity index (χ1n) is 10.5. The van der Waals surface area contributed by atoms with E-state index in [1.165, 1.54) is 0 Å². The van der Waals surface area contributed by atoms with E-state index in [1.807, 2.05) is 35.8 Å². The molecule has 166 valence electrons. The van der Waals surface area contributed by atoms with Crippen LogP contribution in [0.15, 0.2) is 39.8 Å². The molecule has 0 spiro atoms. The molecule has 0 bridgehead atoms. The monoisotopic (exact) mass is 453 g/mol. The van der Waals surface area contributed by atoms with E-state index in [9.17, 15) is 9.59 Å². The highest BCUT2D eigenvalue weighted by atomic mass is 35.5. The number of hydrogen-bond acceptors (Lipinski definition) is 5. The molecule has 8 nitrogen and oxygen atoms in total. The fourth-order valence-corrected chi connectivity index (χ4v) is 4.13. The summed E-state index contributed by atoms with van der Waals surface area (Å²) in [6.45, 7) is 2.18. The van der Waals surface area contributed by atoms with E-state index >= 15 is 0 Å². The second kappa shape index (κ2) is 9.05. The predicted molar refractivity (Wildman–Crippen MR) is 120 cm³/mol. The number of nitrogens with zero attached hydrogens (tertiary/aromatic N) is 4. The molecule has 0 aliphatic heterocycles. The molecule has 1 N–H and O–H groups in total. The highest BCUT2D eigenvalue weighted by Crippen LogP contribution is 2.27. The number of hydrogen-bond donors (Lipinski definition) is 1. The summed E-state index contributed by atoms with van der Waals surface area (Å²) in [7, 11) is 0. The molecule has 1 amide bonds. The lowest BCUT2D eigenvalue weighted by Crippen LogP contribution is -2.50. The number of aromatic nitrogens is 4. The number of benzene rings is 1. The van der Waals surface area contributed by atoms with Gasteiger partial charge in [-0.15, -0.1) is 11.5 Å². The maximum Gasteiger partial charge on any atom is 0.437 e. The SMILES string of the molecule is C#CC1(NC(=O)Cn2nc(-c3ncn(Cc4ccc(Cl)cc4)c3C)oc2=O)CCCCC1. The van der Waals surface area contributed by atoms with Gasteiger partial charge in [-0.2, -0.15) is 4.68 Å². The topological polar surface area (TPSA) is 95.0 Å². The summed E-state index contributed by atoms with van der Waals surface area (Å²) < 4.78 is 8.20. The molecule has 1 aliphatic carbocycles. The molecule has 9 heteroatoms. The molecule has 0 saturated heterocycles. The van der Waals surface area contributed by atoms with Crippen LogP contribution in [0, 0.1) is 19.3 Å². The van der Waals surface area contributed by atoms with Gasteiger partial charge < -0.3 is 14.3 Å². The van der Waals surface area contributed by atoms with Crippen LogP contribution in [-0.2, 0) is 17.9 Å². The predicted octanol–water partition coefficient (Wildman–Crippen LogP) is 3.16. The summed E-state index contributed by atoms with van der Waals surface area (Å²) >= 11 is 5.94. The van der Waals surface area contributed by atoms with Gasteiger partial charge in [-0.05, 0) is 37.5 Å². The maximum atomic E-state index is 12.6. The molecular weight excluding hydrogens is 430 g/mol. The van der Waals surface area contributed by atoms with Crippen LogP contribution in [0.1, 0.15) is 43.4 Å². The van der Waals surface area contributed by atoms with Gasteiger partial charge in [0.05, 0.1) is 6.33 Å². The van der Waals surface area contributed by atoms with Crippen molar-refractivity contribution in [3.8, 4) is 23.9 Å². The van der Waals surface area contributed by atoms with Crippen LogP contribution in [0.4, 0.5) is 0 Å². The number of terminal acetylenes is 1. The quantitative estimate of drug-likeness (QED) is 0.578. The third-order valence-corrected chi connectivity index (χ3v) is 6.08. The van der Waals surface area contributed by atoms with Crippen LogP contribution >= 0.6 is 11.6 Å². The van der Waals surface area contributed by atoms with Gasteiger partial charge >= 0.3 is 5.76 Å².